The first kappa shape index (κ1) is 28.2. The van der Waals surface area contributed by atoms with Gasteiger partial charge in [0, 0.05) is 17.1 Å². The second-order valence-corrected chi connectivity index (χ2v) is 8.54. The van der Waals surface area contributed by atoms with E-state index in [2.05, 4.69) is 59.8 Å². The van der Waals surface area contributed by atoms with Gasteiger partial charge in [-0.15, -0.1) is 0 Å². The Morgan fingerprint density at radius 2 is 0.735 bits per heavy atom. The van der Waals surface area contributed by atoms with Crippen LogP contribution in [-0.4, -0.2) is 59.8 Å². The van der Waals surface area contributed by atoms with Crippen molar-refractivity contribution in [2.45, 2.75) is 0 Å². The summed E-state index contributed by atoms with van der Waals surface area (Å²) in [4.78, 5) is 40.7. The van der Waals surface area contributed by atoms with Crippen molar-refractivity contribution in [3.63, 3.8) is 0 Å². The molecule has 0 bridgehead atoms. The molecule has 6 rings (SSSR count). The van der Waals surface area contributed by atoms with Crippen LogP contribution in [0.15, 0.2) is 38.0 Å². The summed E-state index contributed by atoms with van der Waals surface area (Å²) in [5.41, 5.74) is 4.62. The molecule has 6 N–H and O–H groups in total. The van der Waals surface area contributed by atoms with Crippen molar-refractivity contribution in [1.82, 2.24) is 59.8 Å². The van der Waals surface area contributed by atoms with Gasteiger partial charge in [0.25, 0.3) is 0 Å². The summed E-state index contributed by atoms with van der Waals surface area (Å²) in [6, 6.07) is 0. The van der Waals surface area contributed by atoms with Crippen LogP contribution in [0.5, 0.6) is 0 Å². The zero-order valence-electron chi connectivity index (χ0n) is 16.3. The van der Waals surface area contributed by atoms with E-state index in [9.17, 15) is 0 Å². The third-order valence-electron chi connectivity index (χ3n) is 3.71. The first-order valence-electron chi connectivity index (χ1n) is 8.50. The first-order chi connectivity index (χ1) is 16.0. The van der Waals surface area contributed by atoms with Gasteiger partial charge >= 0.3 is 33.3 Å². The van der Waals surface area contributed by atoms with Crippen LogP contribution in [0.2, 0.25) is 0 Å². The average molecular weight is 639 g/mol. The van der Waals surface area contributed by atoms with Crippen LogP contribution in [0.1, 0.15) is 0 Å². The van der Waals surface area contributed by atoms with Crippen molar-refractivity contribution in [2.24, 2.45) is 0 Å². The second-order valence-electron chi connectivity index (χ2n) is 5.55. The maximum Gasteiger partial charge on any atom is 0 e. The number of imidazole rings is 3. The summed E-state index contributed by atoms with van der Waals surface area (Å²) >= 11 is 14.9. The molecule has 0 saturated carbocycles. The molecule has 180 valence electrons. The summed E-state index contributed by atoms with van der Waals surface area (Å²) in [5.74, 6) is 0. The second kappa shape index (κ2) is 14.4. The fourth-order valence-electron chi connectivity index (χ4n) is 2.35. The van der Waals surface area contributed by atoms with Crippen LogP contribution >= 0.6 is 56.8 Å². The molecule has 6 aromatic heterocycles. The van der Waals surface area contributed by atoms with Crippen LogP contribution in [0.4, 0.5) is 0 Å². The van der Waals surface area contributed by atoms with Crippen molar-refractivity contribution in [2.75, 3.05) is 0 Å². The zero-order valence-corrected chi connectivity index (χ0v) is 22.5. The Bertz CT molecular complexity index is 1430. The summed E-state index contributed by atoms with van der Waals surface area (Å²) in [6.45, 7) is 0. The van der Waals surface area contributed by atoms with Gasteiger partial charge in [-0.1, -0.05) is 36.7 Å². The number of H-pyrrole nitrogens is 6. The molecular weight excluding hydrogens is 627 g/mol. The van der Waals surface area contributed by atoms with Gasteiger partial charge in [-0.25, -0.2) is 29.9 Å². The first-order valence-corrected chi connectivity index (χ1v) is 12.8. The van der Waals surface area contributed by atoms with Gasteiger partial charge in [0.2, 0.25) is 0 Å². The number of halogens is 2. The van der Waals surface area contributed by atoms with Crippen LogP contribution in [0.25, 0.3) is 33.5 Å². The fraction of sp³-hybridized carbons (Fsp3) is 0. The molecule has 0 spiro atoms. The topological polar surface area (TPSA) is 172 Å². The quantitative estimate of drug-likeness (QED) is 0.104. The molecule has 19 heteroatoms. The predicted molar refractivity (Wildman–Crippen MR) is 129 cm³/mol. The molecule has 0 unspecified atom stereocenters. The minimum atomic E-state index is 0. The Labute approximate surface area is 230 Å². The van der Waals surface area contributed by atoms with Crippen molar-refractivity contribution >= 4 is 90.3 Å². The predicted octanol–water partition coefficient (Wildman–Crippen LogP) is 4.42. The van der Waals surface area contributed by atoms with Crippen LogP contribution in [0.3, 0.4) is 0 Å². The molecule has 0 amide bonds. The van der Waals surface area contributed by atoms with E-state index in [0.717, 1.165) is 33.5 Å². The molecule has 0 aliphatic rings. The van der Waals surface area contributed by atoms with Crippen molar-refractivity contribution in [3.05, 3.63) is 51.9 Å². The van der Waals surface area contributed by atoms with Gasteiger partial charge in [-0.2, -0.15) is 0 Å². The van der Waals surface area contributed by atoms with E-state index in [1.54, 1.807) is 19.0 Å². The fourth-order valence-corrected chi connectivity index (χ4v) is 2.97. The maximum absolute atomic E-state index is 4.91. The largest absolute Gasteiger partial charge is 0 e. The standard InChI is InChI=1S/3C5H4N4S.2ClH.2Fe/c3*10-5-3-4(7-1-6-3)8-2-9-5;;;;/h3*1-2H,(H2,6,7,8,9,10);2*1H;;/q;;;;;;+2/p-2. The summed E-state index contributed by atoms with van der Waals surface area (Å²) in [5, 5.41) is 0. The minimum absolute atomic E-state index is 0. The SMILES string of the molecule is S=c1nc[nH]c2nc[nH]c12.S=c1nc[nH]c2nc[nH]c12.S=c1nc[nH]c2nc[nH]c12.[Cl][Fe][Cl].[Fe]. The number of hydrogen-bond acceptors (Lipinski definition) is 9. The van der Waals surface area contributed by atoms with Gasteiger partial charge in [0.15, 0.2) is 30.9 Å². The zero-order chi connectivity index (χ0) is 23.6. The normalized spacial score (nSPS) is 9.82. The molecular formula is C15H12Cl2Fe2N12S3. The van der Waals surface area contributed by atoms with Crippen LogP contribution in [0, 0.1) is 13.9 Å². The maximum atomic E-state index is 4.91. The van der Waals surface area contributed by atoms with Crippen LogP contribution < -0.4 is 0 Å². The Kier molecular flexibility index (Phi) is 11.9. The summed E-state index contributed by atoms with van der Waals surface area (Å²) in [6.07, 6.45) is 9.35. The van der Waals surface area contributed by atoms with Crippen molar-refractivity contribution < 1.29 is 30.2 Å². The minimum Gasteiger partial charge on any atom is 0 e. The third-order valence-corrected chi connectivity index (χ3v) is 4.64. The Hall–Kier alpha value is -2.07. The van der Waals surface area contributed by atoms with E-state index in [4.69, 9.17) is 56.8 Å². The van der Waals surface area contributed by atoms with Crippen molar-refractivity contribution in [1.29, 1.82) is 0 Å². The number of nitrogens with zero attached hydrogens (tertiary/aromatic N) is 6. The number of aromatic nitrogens is 12. The number of rotatable bonds is 0. The summed E-state index contributed by atoms with van der Waals surface area (Å²) < 4.78 is 1.64. The van der Waals surface area contributed by atoms with Gasteiger partial charge in [0.1, 0.15) is 16.6 Å². The molecule has 0 aliphatic carbocycles. The molecule has 0 atom stereocenters. The number of fused-ring (bicyclic) bond motifs is 3. The monoisotopic (exact) mass is 638 g/mol. The van der Waals surface area contributed by atoms with Gasteiger partial charge < -0.3 is 29.9 Å². The molecule has 0 fully saturated rings. The van der Waals surface area contributed by atoms with E-state index in [-0.39, 0.29) is 30.2 Å². The molecule has 6 aromatic rings. The molecule has 0 aromatic carbocycles. The van der Waals surface area contributed by atoms with Gasteiger partial charge in [-0.05, 0) is 0 Å². The van der Waals surface area contributed by atoms with Crippen LogP contribution in [-0.2, 0) is 30.2 Å². The molecule has 0 radical (unpaired) electrons. The van der Waals surface area contributed by atoms with Crippen molar-refractivity contribution in [3.8, 4) is 0 Å². The molecule has 6 heterocycles. The van der Waals surface area contributed by atoms with E-state index < -0.39 is 0 Å². The van der Waals surface area contributed by atoms with E-state index in [1.807, 2.05) is 0 Å². The third kappa shape index (κ3) is 7.46. The van der Waals surface area contributed by atoms with E-state index >= 15 is 0 Å². The smallest absolute Gasteiger partial charge is 0 e. The van der Waals surface area contributed by atoms with E-state index in [1.165, 1.54) is 19.0 Å². The number of nitrogens with one attached hydrogen (secondary N) is 6. The molecule has 12 nitrogen and oxygen atoms in total. The molecule has 0 saturated heterocycles. The van der Waals surface area contributed by atoms with E-state index in [0.29, 0.717) is 13.9 Å². The Morgan fingerprint density at radius 3 is 0.971 bits per heavy atom. The van der Waals surface area contributed by atoms with Gasteiger partial charge in [-0.3, -0.25) is 0 Å². The van der Waals surface area contributed by atoms with Gasteiger partial charge in [0.05, 0.1) is 38.0 Å². The average Bonchev–Trinajstić information content (AvgIpc) is 3.57. The number of aromatic amines is 6. The summed E-state index contributed by atoms with van der Waals surface area (Å²) in [7, 11) is 9.53. The molecule has 34 heavy (non-hydrogen) atoms. The Morgan fingerprint density at radius 1 is 0.500 bits per heavy atom. The number of hydrogen-bond donors (Lipinski definition) is 6. The Balaban J connectivity index is 0.000000168. The molecule has 0 aliphatic heterocycles.